The molecule has 7 nitrogen and oxygen atoms in total. The summed E-state index contributed by atoms with van der Waals surface area (Å²) < 4.78 is 5.67. The minimum absolute atomic E-state index is 0.0462. The molecule has 3 rings (SSSR count). The summed E-state index contributed by atoms with van der Waals surface area (Å²) in [5, 5.41) is 9.91. The maximum atomic E-state index is 12.5. The number of likely N-dealkylation sites (tertiary alicyclic amines) is 1. The third-order valence-electron chi connectivity index (χ3n) is 4.11. The Morgan fingerprint density at radius 1 is 1.43 bits per heavy atom. The van der Waals surface area contributed by atoms with E-state index in [1.165, 1.54) is 11.8 Å². The second-order valence-electron chi connectivity index (χ2n) is 5.54. The van der Waals surface area contributed by atoms with E-state index in [9.17, 15) is 10.1 Å². The lowest BCUT2D eigenvalue weighted by Crippen LogP contribution is -2.51. The van der Waals surface area contributed by atoms with Crippen molar-refractivity contribution in [2.24, 2.45) is 0 Å². The summed E-state index contributed by atoms with van der Waals surface area (Å²) in [6.45, 7) is 3.12. The van der Waals surface area contributed by atoms with Crippen molar-refractivity contribution in [3.05, 3.63) is 11.8 Å². The molecule has 2 aliphatic heterocycles. The number of nitrogens with zero attached hydrogens (tertiary/aromatic N) is 5. The molecular formula is C15H19N5O2S. The van der Waals surface area contributed by atoms with Crippen LogP contribution in [-0.2, 0) is 9.53 Å². The highest BCUT2D eigenvalue weighted by Crippen LogP contribution is 2.23. The maximum absolute atomic E-state index is 12.5. The third-order valence-corrected chi connectivity index (χ3v) is 4.67. The lowest BCUT2D eigenvalue weighted by Gasteiger charge is -2.34. The van der Waals surface area contributed by atoms with Crippen LogP contribution >= 0.6 is 11.8 Å². The summed E-state index contributed by atoms with van der Waals surface area (Å²) in [6, 6.07) is 2.13. The number of carbonyl (C=O) groups is 1. The van der Waals surface area contributed by atoms with Gasteiger partial charge in [-0.15, -0.1) is 0 Å². The molecule has 23 heavy (non-hydrogen) atoms. The van der Waals surface area contributed by atoms with Crippen LogP contribution in [-0.4, -0.2) is 65.9 Å². The van der Waals surface area contributed by atoms with Gasteiger partial charge in [0, 0.05) is 19.6 Å². The number of carbonyl (C=O) groups excluding carboxylic acids is 1. The maximum Gasteiger partial charge on any atom is 0.253 e. The summed E-state index contributed by atoms with van der Waals surface area (Å²) in [5.41, 5.74) is 0.428. The van der Waals surface area contributed by atoms with Crippen molar-refractivity contribution < 1.29 is 9.53 Å². The normalized spacial score (nSPS) is 21.3. The molecule has 122 valence electrons. The van der Waals surface area contributed by atoms with Crippen LogP contribution in [0.5, 0.6) is 0 Å². The number of morpholine rings is 1. The van der Waals surface area contributed by atoms with Crippen LogP contribution in [0, 0.1) is 11.3 Å². The van der Waals surface area contributed by atoms with E-state index in [4.69, 9.17) is 4.74 Å². The third kappa shape index (κ3) is 3.41. The van der Waals surface area contributed by atoms with Crippen LogP contribution in [0.3, 0.4) is 0 Å². The van der Waals surface area contributed by atoms with Gasteiger partial charge in [0.2, 0.25) is 0 Å². The highest BCUT2D eigenvalue weighted by atomic mass is 32.2. The van der Waals surface area contributed by atoms with Crippen molar-refractivity contribution in [1.29, 1.82) is 5.26 Å². The Kier molecular flexibility index (Phi) is 4.98. The van der Waals surface area contributed by atoms with Crippen LogP contribution in [0.25, 0.3) is 0 Å². The Labute approximate surface area is 139 Å². The molecule has 0 spiro atoms. The van der Waals surface area contributed by atoms with Crippen LogP contribution < -0.4 is 4.90 Å². The number of hydrogen-bond donors (Lipinski definition) is 0. The van der Waals surface area contributed by atoms with E-state index in [0.29, 0.717) is 36.2 Å². The number of nitriles is 1. The summed E-state index contributed by atoms with van der Waals surface area (Å²) in [4.78, 5) is 24.9. The summed E-state index contributed by atoms with van der Waals surface area (Å²) in [5.74, 6) is 0.638. The van der Waals surface area contributed by atoms with E-state index in [1.54, 1.807) is 6.20 Å². The number of thioether (sulfide) groups is 1. The first kappa shape index (κ1) is 16.0. The Hall–Kier alpha value is -1.85. The van der Waals surface area contributed by atoms with Gasteiger partial charge in [0.25, 0.3) is 5.91 Å². The van der Waals surface area contributed by atoms with Gasteiger partial charge >= 0.3 is 0 Å². The second kappa shape index (κ2) is 7.15. The molecule has 0 aliphatic carbocycles. The molecule has 2 saturated heterocycles. The van der Waals surface area contributed by atoms with E-state index < -0.39 is 6.10 Å². The molecule has 1 aromatic rings. The smallest absolute Gasteiger partial charge is 0.253 e. The molecule has 1 atom stereocenters. The molecule has 0 radical (unpaired) electrons. The fourth-order valence-corrected chi connectivity index (χ4v) is 3.24. The van der Waals surface area contributed by atoms with Crippen molar-refractivity contribution in [3.63, 3.8) is 0 Å². The standard InChI is InChI=1S/C15H19N5O2S/c1-23-15-17-9-11(8-16)13(18-15)20-6-7-22-12(10-20)14(21)19-4-2-3-5-19/h9,12H,2-7,10H2,1H3. The average Bonchev–Trinajstić information content (AvgIpc) is 3.15. The fraction of sp³-hybridized carbons (Fsp3) is 0.600. The molecule has 1 amide bonds. The quantitative estimate of drug-likeness (QED) is 0.600. The van der Waals surface area contributed by atoms with Crippen molar-refractivity contribution >= 4 is 23.5 Å². The molecule has 2 aliphatic rings. The van der Waals surface area contributed by atoms with E-state index in [0.717, 1.165) is 25.9 Å². The van der Waals surface area contributed by atoms with Gasteiger partial charge in [-0.25, -0.2) is 9.97 Å². The summed E-state index contributed by atoms with van der Waals surface area (Å²) in [6.07, 6.45) is 5.07. The fourth-order valence-electron chi connectivity index (χ4n) is 2.91. The van der Waals surface area contributed by atoms with Crippen molar-refractivity contribution in [2.75, 3.05) is 43.9 Å². The number of amides is 1. The number of rotatable bonds is 3. The SMILES string of the molecule is CSc1ncc(C#N)c(N2CCOC(C(=O)N3CCCC3)C2)n1. The molecule has 1 aromatic heterocycles. The first-order valence-electron chi connectivity index (χ1n) is 7.69. The molecule has 0 bridgehead atoms. The van der Waals surface area contributed by atoms with E-state index in [-0.39, 0.29) is 5.91 Å². The van der Waals surface area contributed by atoms with Gasteiger partial charge in [-0.2, -0.15) is 5.26 Å². The number of anilines is 1. The molecule has 3 heterocycles. The Morgan fingerprint density at radius 2 is 2.22 bits per heavy atom. The van der Waals surface area contributed by atoms with E-state index in [2.05, 4.69) is 16.0 Å². The predicted octanol–water partition coefficient (Wildman–Crippen LogP) is 0.898. The zero-order valence-corrected chi connectivity index (χ0v) is 13.9. The van der Waals surface area contributed by atoms with Crippen molar-refractivity contribution in [1.82, 2.24) is 14.9 Å². The van der Waals surface area contributed by atoms with E-state index >= 15 is 0 Å². The largest absolute Gasteiger partial charge is 0.365 e. The zero-order chi connectivity index (χ0) is 16.2. The Bertz CT molecular complexity index is 627. The van der Waals surface area contributed by atoms with E-state index in [1.807, 2.05) is 16.1 Å². The molecule has 0 saturated carbocycles. The molecule has 0 aromatic carbocycles. The minimum atomic E-state index is -0.485. The summed E-state index contributed by atoms with van der Waals surface area (Å²) in [7, 11) is 0. The topological polar surface area (TPSA) is 82.3 Å². The number of ether oxygens (including phenoxy) is 1. The van der Waals surface area contributed by atoms with Crippen molar-refractivity contribution in [2.45, 2.75) is 24.1 Å². The molecule has 0 N–H and O–H groups in total. The van der Waals surface area contributed by atoms with Gasteiger partial charge in [0.15, 0.2) is 17.1 Å². The highest BCUT2D eigenvalue weighted by Gasteiger charge is 2.32. The molecule has 8 heteroatoms. The average molecular weight is 333 g/mol. The van der Waals surface area contributed by atoms with Gasteiger partial charge < -0.3 is 14.5 Å². The van der Waals surface area contributed by atoms with Gasteiger partial charge in [-0.1, -0.05) is 11.8 Å². The first-order valence-corrected chi connectivity index (χ1v) is 8.92. The molecular weight excluding hydrogens is 314 g/mol. The Morgan fingerprint density at radius 3 is 2.91 bits per heavy atom. The molecule has 1 unspecified atom stereocenters. The van der Waals surface area contributed by atoms with Crippen LogP contribution in [0.4, 0.5) is 5.82 Å². The zero-order valence-electron chi connectivity index (χ0n) is 13.1. The van der Waals surface area contributed by atoms with Gasteiger partial charge in [0.05, 0.1) is 19.3 Å². The number of hydrogen-bond acceptors (Lipinski definition) is 7. The summed E-state index contributed by atoms with van der Waals surface area (Å²) >= 11 is 1.43. The lowest BCUT2D eigenvalue weighted by molar-refractivity contribution is -0.143. The predicted molar refractivity (Wildman–Crippen MR) is 86.3 cm³/mol. The monoisotopic (exact) mass is 333 g/mol. The number of aromatic nitrogens is 2. The highest BCUT2D eigenvalue weighted by molar-refractivity contribution is 7.98. The first-order chi connectivity index (χ1) is 11.2. The molecule has 2 fully saturated rings. The van der Waals surface area contributed by atoms with Gasteiger partial charge in [-0.05, 0) is 19.1 Å². The van der Waals surface area contributed by atoms with Crippen LogP contribution in [0.1, 0.15) is 18.4 Å². The van der Waals surface area contributed by atoms with Gasteiger partial charge in [0.1, 0.15) is 11.6 Å². The second-order valence-corrected chi connectivity index (χ2v) is 6.32. The van der Waals surface area contributed by atoms with Crippen LogP contribution in [0.2, 0.25) is 0 Å². The lowest BCUT2D eigenvalue weighted by atomic mass is 10.2. The minimum Gasteiger partial charge on any atom is -0.365 e. The Balaban J connectivity index is 1.78. The van der Waals surface area contributed by atoms with Crippen LogP contribution in [0.15, 0.2) is 11.4 Å². The van der Waals surface area contributed by atoms with Crippen molar-refractivity contribution in [3.8, 4) is 6.07 Å². The van der Waals surface area contributed by atoms with Gasteiger partial charge in [-0.3, -0.25) is 4.79 Å².